The molecule has 0 saturated heterocycles. The number of rotatable bonds is 1. The molecule has 0 unspecified atom stereocenters. The predicted octanol–water partition coefficient (Wildman–Crippen LogP) is 2.57. The van der Waals surface area contributed by atoms with Crippen molar-refractivity contribution in [1.82, 2.24) is 0 Å². The van der Waals surface area contributed by atoms with Crippen molar-refractivity contribution in [3.05, 3.63) is 29.8 Å². The highest BCUT2D eigenvalue weighted by molar-refractivity contribution is 5.83. The van der Waals surface area contributed by atoms with Crippen LogP contribution in [0.1, 0.15) is 31.7 Å². The van der Waals surface area contributed by atoms with Gasteiger partial charge in [0.25, 0.3) is 0 Å². The molecule has 2 heteroatoms. The molecule has 2 nitrogen and oxygen atoms in total. The molecule has 1 aliphatic carbocycles. The maximum Gasteiger partial charge on any atom is 0.132 e. The highest BCUT2D eigenvalue weighted by atomic mass is 16.1. The number of Topliss-reactive ketones (excluding diaryl/α,β-unsaturated/α-hetero) is 1. The maximum atomic E-state index is 9.90. The Labute approximate surface area is 85.1 Å². The second kappa shape index (κ2) is 5.43. The van der Waals surface area contributed by atoms with Gasteiger partial charge >= 0.3 is 0 Å². The summed E-state index contributed by atoms with van der Waals surface area (Å²) in [6.07, 6.45) is 3.92. The molecule has 1 aromatic rings. The van der Waals surface area contributed by atoms with Crippen molar-refractivity contribution in [2.24, 2.45) is 0 Å². The Hall–Kier alpha value is -1.31. The van der Waals surface area contributed by atoms with Crippen LogP contribution in [0.15, 0.2) is 24.3 Å². The molecule has 0 heterocycles. The quantitative estimate of drug-likeness (QED) is 0.693. The molecule has 0 bridgehead atoms. The number of nitrogen functional groups attached to an aromatic ring is 1. The lowest BCUT2D eigenvalue weighted by molar-refractivity contribution is -0.123. The van der Waals surface area contributed by atoms with E-state index in [-0.39, 0.29) is 0 Å². The van der Waals surface area contributed by atoms with E-state index in [1.807, 2.05) is 12.1 Å². The summed E-state index contributed by atoms with van der Waals surface area (Å²) < 4.78 is 0. The van der Waals surface area contributed by atoms with Crippen LogP contribution >= 0.6 is 0 Å². The molecule has 0 radical (unpaired) electrons. The Morgan fingerprint density at radius 2 is 1.71 bits per heavy atom. The lowest BCUT2D eigenvalue weighted by Gasteiger charge is -2.05. The largest absolute Gasteiger partial charge is 0.399 e. The average Bonchev–Trinajstić information content (AvgIpc) is 2.17. The van der Waals surface area contributed by atoms with Crippen LogP contribution < -0.4 is 5.73 Å². The van der Waals surface area contributed by atoms with Crippen LogP contribution in [0, 0.1) is 0 Å². The number of benzene rings is 1. The number of nitrogens with two attached hydrogens (primary N) is 1. The molecule has 0 aliphatic heterocycles. The summed E-state index contributed by atoms with van der Waals surface area (Å²) in [6.45, 7) is 2.13. The van der Waals surface area contributed by atoms with Gasteiger partial charge in [-0.25, -0.2) is 0 Å². The van der Waals surface area contributed by atoms with Crippen molar-refractivity contribution < 1.29 is 4.79 Å². The van der Waals surface area contributed by atoms with Gasteiger partial charge in [0.2, 0.25) is 0 Å². The molecule has 0 atom stereocenters. The lowest BCUT2D eigenvalue weighted by Crippen LogP contribution is -2.07. The Kier molecular flexibility index (Phi) is 4.17. The smallest absolute Gasteiger partial charge is 0.132 e. The minimum absolute atomic E-state index is 0.435. The average molecular weight is 191 g/mol. The summed E-state index contributed by atoms with van der Waals surface area (Å²) in [6, 6.07) is 7.96. The normalized spacial score (nSPS) is 13.9. The van der Waals surface area contributed by atoms with E-state index in [1.165, 1.54) is 5.56 Å². The van der Waals surface area contributed by atoms with Gasteiger partial charge < -0.3 is 5.73 Å². The molecule has 1 aliphatic rings. The zero-order valence-corrected chi connectivity index (χ0v) is 8.62. The van der Waals surface area contributed by atoms with Crippen LogP contribution in [-0.2, 0) is 11.2 Å². The molecule has 76 valence electrons. The van der Waals surface area contributed by atoms with Crippen molar-refractivity contribution in [1.29, 1.82) is 0 Å². The van der Waals surface area contributed by atoms with E-state index in [1.54, 1.807) is 0 Å². The van der Waals surface area contributed by atoms with Gasteiger partial charge in [0.05, 0.1) is 0 Å². The maximum absolute atomic E-state index is 9.90. The van der Waals surface area contributed by atoms with Crippen LogP contribution in [0.3, 0.4) is 0 Å². The van der Waals surface area contributed by atoms with Crippen LogP contribution in [0.2, 0.25) is 0 Å². The molecule has 2 N–H and O–H groups in total. The molecule has 14 heavy (non-hydrogen) atoms. The summed E-state index contributed by atoms with van der Waals surface area (Å²) >= 11 is 0. The fourth-order valence-electron chi connectivity index (χ4n) is 1.07. The highest BCUT2D eigenvalue weighted by Gasteiger charge is 2.09. The third-order valence-corrected chi connectivity index (χ3v) is 2.30. The first-order valence-corrected chi connectivity index (χ1v) is 5.08. The van der Waals surface area contributed by atoms with E-state index >= 15 is 0 Å². The van der Waals surface area contributed by atoms with Crippen LogP contribution in [-0.4, -0.2) is 5.78 Å². The molecule has 0 aromatic heterocycles. The van der Waals surface area contributed by atoms with Gasteiger partial charge in [-0.05, 0) is 30.5 Å². The van der Waals surface area contributed by atoms with E-state index in [0.717, 1.165) is 31.4 Å². The molecular weight excluding hydrogens is 174 g/mol. The second-order valence-electron chi connectivity index (χ2n) is 3.49. The summed E-state index contributed by atoms with van der Waals surface area (Å²) in [7, 11) is 0. The summed E-state index contributed by atoms with van der Waals surface area (Å²) in [5, 5.41) is 0. The SMILES string of the molecule is CCc1ccc(N)cc1.O=C1CCC1. The summed E-state index contributed by atoms with van der Waals surface area (Å²) in [5.41, 5.74) is 7.66. The topological polar surface area (TPSA) is 43.1 Å². The van der Waals surface area contributed by atoms with Crippen molar-refractivity contribution in [2.45, 2.75) is 32.6 Å². The minimum atomic E-state index is 0.435. The van der Waals surface area contributed by atoms with Crippen molar-refractivity contribution in [3.63, 3.8) is 0 Å². The number of hydrogen-bond acceptors (Lipinski definition) is 2. The van der Waals surface area contributed by atoms with E-state index in [2.05, 4.69) is 19.1 Å². The zero-order valence-electron chi connectivity index (χ0n) is 8.62. The Balaban J connectivity index is 0.000000165. The highest BCUT2D eigenvalue weighted by Crippen LogP contribution is 2.10. The minimum Gasteiger partial charge on any atom is -0.399 e. The first-order chi connectivity index (χ1) is 6.72. The summed E-state index contributed by atoms with van der Waals surface area (Å²) in [5.74, 6) is 0.435. The number of carbonyl (C=O) groups excluding carboxylic acids is 1. The van der Waals surface area contributed by atoms with Crippen molar-refractivity contribution >= 4 is 11.5 Å². The molecule has 1 aromatic carbocycles. The first kappa shape index (κ1) is 10.8. The molecular formula is C12H17NO. The predicted molar refractivity (Wildman–Crippen MR) is 59.1 cm³/mol. The Morgan fingerprint density at radius 3 is 2.00 bits per heavy atom. The summed E-state index contributed by atoms with van der Waals surface area (Å²) in [4.78, 5) is 9.90. The zero-order chi connectivity index (χ0) is 10.4. The molecule has 0 amide bonds. The van der Waals surface area contributed by atoms with E-state index in [4.69, 9.17) is 5.73 Å². The van der Waals surface area contributed by atoms with Crippen LogP contribution in [0.4, 0.5) is 5.69 Å². The monoisotopic (exact) mass is 191 g/mol. The molecule has 2 rings (SSSR count). The third kappa shape index (κ3) is 3.60. The second-order valence-corrected chi connectivity index (χ2v) is 3.49. The Bertz CT molecular complexity index is 284. The number of ketones is 1. The molecule has 1 fully saturated rings. The number of aryl methyl sites for hydroxylation is 1. The van der Waals surface area contributed by atoms with E-state index in [9.17, 15) is 4.79 Å². The lowest BCUT2D eigenvalue weighted by atomic mass is 9.99. The Morgan fingerprint density at radius 1 is 1.21 bits per heavy atom. The van der Waals surface area contributed by atoms with Gasteiger partial charge in [0.1, 0.15) is 5.78 Å². The standard InChI is InChI=1S/C8H11N.C4H6O/c1-2-7-3-5-8(9)6-4-7;5-4-2-1-3-4/h3-6H,2,9H2,1H3;1-3H2. The first-order valence-electron chi connectivity index (χ1n) is 5.08. The van der Waals surface area contributed by atoms with Gasteiger partial charge in [0.15, 0.2) is 0 Å². The fraction of sp³-hybridized carbons (Fsp3) is 0.417. The van der Waals surface area contributed by atoms with Crippen LogP contribution in [0.25, 0.3) is 0 Å². The number of anilines is 1. The van der Waals surface area contributed by atoms with E-state index < -0.39 is 0 Å². The fourth-order valence-corrected chi connectivity index (χ4v) is 1.07. The van der Waals surface area contributed by atoms with Crippen molar-refractivity contribution in [3.8, 4) is 0 Å². The van der Waals surface area contributed by atoms with Crippen LogP contribution in [0.5, 0.6) is 0 Å². The van der Waals surface area contributed by atoms with Gasteiger partial charge in [-0.3, -0.25) is 4.79 Å². The van der Waals surface area contributed by atoms with Gasteiger partial charge in [0, 0.05) is 18.5 Å². The van der Waals surface area contributed by atoms with E-state index in [0.29, 0.717) is 5.78 Å². The van der Waals surface area contributed by atoms with Gasteiger partial charge in [-0.1, -0.05) is 19.1 Å². The third-order valence-electron chi connectivity index (χ3n) is 2.30. The number of carbonyl (C=O) groups is 1. The number of hydrogen-bond donors (Lipinski definition) is 1. The van der Waals surface area contributed by atoms with Gasteiger partial charge in [-0.15, -0.1) is 0 Å². The van der Waals surface area contributed by atoms with Gasteiger partial charge in [-0.2, -0.15) is 0 Å². The van der Waals surface area contributed by atoms with Crippen molar-refractivity contribution in [2.75, 3.05) is 5.73 Å². The molecule has 0 spiro atoms. The molecule has 1 saturated carbocycles.